The highest BCUT2D eigenvalue weighted by atomic mass is 32.2. The van der Waals surface area contributed by atoms with E-state index in [9.17, 15) is 14.3 Å². The third-order valence-corrected chi connectivity index (χ3v) is 6.00. The van der Waals surface area contributed by atoms with Crippen molar-refractivity contribution < 1.29 is 19.0 Å². The SMILES string of the molecule is CC1OCC2(c3cc(N)ccc3F)N=C(N(C(=O)O)C(C)(C)C)SCC12. The Hall–Kier alpha value is -1.80. The van der Waals surface area contributed by atoms with E-state index in [1.807, 2.05) is 6.92 Å². The fourth-order valence-electron chi connectivity index (χ4n) is 3.61. The summed E-state index contributed by atoms with van der Waals surface area (Å²) in [5.74, 6) is 0.117. The van der Waals surface area contributed by atoms with Gasteiger partial charge in [-0.05, 0) is 45.9 Å². The van der Waals surface area contributed by atoms with Gasteiger partial charge in [-0.15, -0.1) is 0 Å². The van der Waals surface area contributed by atoms with Crippen LogP contribution in [0.15, 0.2) is 23.2 Å². The second kappa shape index (κ2) is 6.42. The Kier molecular flexibility index (Phi) is 4.69. The predicted molar refractivity (Wildman–Crippen MR) is 101 cm³/mol. The van der Waals surface area contributed by atoms with Crippen LogP contribution < -0.4 is 5.73 Å². The lowest BCUT2D eigenvalue weighted by molar-refractivity contribution is 0.107. The van der Waals surface area contributed by atoms with E-state index in [4.69, 9.17) is 15.5 Å². The van der Waals surface area contributed by atoms with E-state index in [2.05, 4.69) is 0 Å². The number of aliphatic imine (C=N–C) groups is 1. The second-order valence-electron chi connectivity index (χ2n) is 7.78. The van der Waals surface area contributed by atoms with Crippen LogP contribution >= 0.6 is 11.8 Å². The van der Waals surface area contributed by atoms with Gasteiger partial charge in [0.1, 0.15) is 11.4 Å². The van der Waals surface area contributed by atoms with Gasteiger partial charge in [0.25, 0.3) is 0 Å². The number of ether oxygens (including phenoxy) is 1. The topological polar surface area (TPSA) is 88.2 Å². The summed E-state index contributed by atoms with van der Waals surface area (Å²) in [7, 11) is 0. The zero-order chi connectivity index (χ0) is 19.3. The van der Waals surface area contributed by atoms with Crippen LogP contribution in [0.25, 0.3) is 0 Å². The monoisotopic (exact) mass is 381 g/mol. The molecular weight excluding hydrogens is 357 g/mol. The van der Waals surface area contributed by atoms with Gasteiger partial charge in [0, 0.05) is 28.5 Å². The summed E-state index contributed by atoms with van der Waals surface area (Å²) in [5, 5.41) is 10.1. The maximum absolute atomic E-state index is 14.7. The van der Waals surface area contributed by atoms with Crippen LogP contribution in [-0.4, -0.2) is 45.3 Å². The molecule has 3 atom stereocenters. The molecule has 2 aliphatic rings. The van der Waals surface area contributed by atoms with E-state index < -0.39 is 23.0 Å². The van der Waals surface area contributed by atoms with Crippen molar-refractivity contribution in [2.75, 3.05) is 18.1 Å². The number of nitrogen functional groups attached to an aromatic ring is 1. The first kappa shape index (κ1) is 19.0. The molecule has 1 aromatic carbocycles. The zero-order valence-corrected chi connectivity index (χ0v) is 16.1. The Labute approximate surface area is 156 Å². The minimum absolute atomic E-state index is 0.0665. The Morgan fingerprint density at radius 2 is 2.19 bits per heavy atom. The largest absolute Gasteiger partial charge is 0.465 e. The molecule has 8 heteroatoms. The maximum atomic E-state index is 14.7. The van der Waals surface area contributed by atoms with Gasteiger partial charge in [0.15, 0.2) is 5.17 Å². The molecule has 0 radical (unpaired) electrons. The summed E-state index contributed by atoms with van der Waals surface area (Å²) in [5.41, 5.74) is 5.05. The van der Waals surface area contributed by atoms with Crippen molar-refractivity contribution in [3.05, 3.63) is 29.6 Å². The number of amidine groups is 1. The fourth-order valence-corrected chi connectivity index (χ4v) is 5.19. The molecule has 0 bridgehead atoms. The molecule has 1 amide bonds. The van der Waals surface area contributed by atoms with Crippen LogP contribution in [0, 0.1) is 11.7 Å². The lowest BCUT2D eigenvalue weighted by Gasteiger charge is -2.41. The van der Waals surface area contributed by atoms with Gasteiger partial charge < -0.3 is 15.6 Å². The molecule has 6 nitrogen and oxygen atoms in total. The lowest BCUT2D eigenvalue weighted by atomic mass is 9.79. The molecule has 142 valence electrons. The normalized spacial score (nSPS) is 28.4. The first-order chi connectivity index (χ1) is 12.1. The second-order valence-corrected chi connectivity index (χ2v) is 8.77. The molecule has 3 unspecified atom stereocenters. The third-order valence-electron chi connectivity index (χ3n) is 4.94. The van der Waals surface area contributed by atoms with E-state index in [0.717, 1.165) is 0 Å². The van der Waals surface area contributed by atoms with Crippen molar-refractivity contribution in [3.8, 4) is 0 Å². The summed E-state index contributed by atoms with van der Waals surface area (Å²) in [6.07, 6.45) is -1.20. The van der Waals surface area contributed by atoms with Crippen molar-refractivity contribution in [1.29, 1.82) is 0 Å². The number of carboxylic acid groups (broad SMARTS) is 1. The van der Waals surface area contributed by atoms with Gasteiger partial charge in [-0.25, -0.2) is 14.2 Å². The highest BCUT2D eigenvalue weighted by molar-refractivity contribution is 8.13. The summed E-state index contributed by atoms with van der Waals surface area (Å²) in [4.78, 5) is 17.9. The van der Waals surface area contributed by atoms with Crippen LogP contribution in [0.3, 0.4) is 0 Å². The number of anilines is 1. The number of fused-ring (bicyclic) bond motifs is 1. The van der Waals surface area contributed by atoms with Crippen molar-refractivity contribution in [3.63, 3.8) is 0 Å². The fraction of sp³-hybridized carbons (Fsp3) is 0.556. The third kappa shape index (κ3) is 3.05. The Morgan fingerprint density at radius 3 is 2.81 bits per heavy atom. The molecule has 26 heavy (non-hydrogen) atoms. The highest BCUT2D eigenvalue weighted by Gasteiger charge is 2.54. The van der Waals surface area contributed by atoms with Crippen LogP contribution in [0.5, 0.6) is 0 Å². The molecule has 0 saturated carbocycles. The van der Waals surface area contributed by atoms with Crippen LogP contribution in [0.1, 0.15) is 33.3 Å². The van der Waals surface area contributed by atoms with Crippen LogP contribution in [-0.2, 0) is 10.3 Å². The summed E-state index contributed by atoms with van der Waals surface area (Å²) < 4.78 is 20.6. The van der Waals surface area contributed by atoms with E-state index in [1.54, 1.807) is 26.8 Å². The number of carbonyl (C=O) groups is 1. The van der Waals surface area contributed by atoms with Crippen LogP contribution in [0.4, 0.5) is 14.9 Å². The number of thioether (sulfide) groups is 1. The number of nitrogens with two attached hydrogens (primary N) is 1. The van der Waals surface area contributed by atoms with E-state index in [0.29, 0.717) is 22.2 Å². The minimum atomic E-state index is -1.09. The Bertz CT molecular complexity index is 765. The molecule has 0 aromatic heterocycles. The molecule has 0 spiro atoms. The van der Waals surface area contributed by atoms with Gasteiger partial charge >= 0.3 is 6.09 Å². The molecule has 3 N–H and O–H groups in total. The minimum Gasteiger partial charge on any atom is -0.465 e. The van der Waals surface area contributed by atoms with E-state index in [1.165, 1.54) is 28.8 Å². The first-order valence-corrected chi connectivity index (χ1v) is 9.48. The zero-order valence-electron chi connectivity index (χ0n) is 15.3. The molecule has 2 aliphatic heterocycles. The lowest BCUT2D eigenvalue weighted by Crippen LogP contribution is -2.51. The number of amides is 1. The van der Waals surface area contributed by atoms with Gasteiger partial charge in [-0.2, -0.15) is 0 Å². The number of benzene rings is 1. The average Bonchev–Trinajstić information content (AvgIpc) is 2.85. The Morgan fingerprint density at radius 1 is 1.50 bits per heavy atom. The van der Waals surface area contributed by atoms with Crippen molar-refractivity contribution in [1.82, 2.24) is 4.90 Å². The van der Waals surface area contributed by atoms with Crippen LogP contribution in [0.2, 0.25) is 0 Å². The van der Waals surface area contributed by atoms with Crippen molar-refractivity contribution in [2.45, 2.75) is 44.9 Å². The van der Waals surface area contributed by atoms with Gasteiger partial charge in [0.2, 0.25) is 0 Å². The number of hydrogen-bond donors (Lipinski definition) is 2. The summed E-state index contributed by atoms with van der Waals surface area (Å²) >= 11 is 1.37. The number of halogens is 1. The molecule has 1 fully saturated rings. The molecule has 2 heterocycles. The van der Waals surface area contributed by atoms with Gasteiger partial charge in [0.05, 0.1) is 12.7 Å². The summed E-state index contributed by atoms with van der Waals surface area (Å²) in [6, 6.07) is 4.42. The van der Waals surface area contributed by atoms with Gasteiger partial charge in [-0.3, -0.25) is 4.90 Å². The maximum Gasteiger partial charge on any atom is 0.413 e. The van der Waals surface area contributed by atoms with E-state index in [-0.39, 0.29) is 18.6 Å². The first-order valence-electron chi connectivity index (χ1n) is 8.49. The average molecular weight is 381 g/mol. The summed E-state index contributed by atoms with van der Waals surface area (Å²) in [6.45, 7) is 7.55. The van der Waals surface area contributed by atoms with E-state index >= 15 is 0 Å². The highest BCUT2D eigenvalue weighted by Crippen LogP contribution is 2.49. The smallest absolute Gasteiger partial charge is 0.413 e. The van der Waals surface area contributed by atoms with Crippen molar-refractivity contribution in [2.24, 2.45) is 10.9 Å². The number of rotatable bonds is 1. The molecule has 1 aromatic rings. The van der Waals surface area contributed by atoms with Gasteiger partial charge in [-0.1, -0.05) is 11.8 Å². The Balaban J connectivity index is 2.18. The number of nitrogens with zero attached hydrogens (tertiary/aromatic N) is 2. The molecule has 0 aliphatic carbocycles. The molecule has 3 rings (SSSR count). The standard InChI is InChI=1S/C18H24FN3O3S/c1-10-13-8-26-15(22(16(23)24)17(2,3)4)21-18(13,9-25-10)12-7-11(20)5-6-14(12)19/h5-7,10,13H,8-9,20H2,1-4H3,(H,23,24). The predicted octanol–water partition coefficient (Wildman–Crippen LogP) is 3.52. The number of hydrogen-bond acceptors (Lipinski definition) is 5. The molecular formula is C18H24FN3O3S. The molecule has 1 saturated heterocycles. The quantitative estimate of drug-likeness (QED) is 0.727. The van der Waals surface area contributed by atoms with Crippen molar-refractivity contribution >= 4 is 28.7 Å².